The van der Waals surface area contributed by atoms with Gasteiger partial charge in [0, 0.05) is 46.7 Å². The number of fused-ring (bicyclic) bond motifs is 2. The van der Waals surface area contributed by atoms with Crippen LogP contribution in [0.3, 0.4) is 0 Å². The number of ether oxygens (including phenoxy) is 1. The van der Waals surface area contributed by atoms with Gasteiger partial charge in [-0.05, 0) is 48.4 Å². The van der Waals surface area contributed by atoms with Gasteiger partial charge >= 0.3 is 0 Å². The number of nitro groups is 1. The van der Waals surface area contributed by atoms with E-state index < -0.39 is 4.92 Å². The second-order valence-corrected chi connectivity index (χ2v) is 8.31. The molecule has 0 saturated heterocycles. The highest BCUT2D eigenvalue weighted by molar-refractivity contribution is 7.98. The van der Waals surface area contributed by atoms with Crippen LogP contribution < -0.4 is 10.1 Å². The Balaban J connectivity index is 1.72. The van der Waals surface area contributed by atoms with Gasteiger partial charge in [0.2, 0.25) is 0 Å². The molecule has 0 unspecified atom stereocenters. The Hall–Kier alpha value is -3.36. The third-order valence-corrected chi connectivity index (χ3v) is 6.20. The number of thioether (sulfide) groups is 1. The van der Waals surface area contributed by atoms with Crippen LogP contribution in [0.4, 0.5) is 11.4 Å². The van der Waals surface area contributed by atoms with Crippen LogP contribution in [0.5, 0.6) is 5.75 Å². The number of nitrogens with zero attached hydrogens (tertiary/aromatic N) is 2. The lowest BCUT2D eigenvalue weighted by molar-refractivity contribution is -0.384. The van der Waals surface area contributed by atoms with E-state index in [2.05, 4.69) is 11.4 Å². The molecule has 0 atom stereocenters. The zero-order chi connectivity index (χ0) is 22.5. The average Bonchev–Trinajstić information content (AvgIpc) is 2.82. The molecule has 0 amide bonds. The molecule has 7 nitrogen and oxygen atoms in total. The zero-order valence-corrected chi connectivity index (χ0v) is 18.4. The van der Waals surface area contributed by atoms with Crippen LogP contribution in [0.2, 0.25) is 0 Å². The summed E-state index contributed by atoms with van der Waals surface area (Å²) in [6, 6.07) is 18.8. The molecule has 3 aromatic carbocycles. The van der Waals surface area contributed by atoms with Crippen molar-refractivity contribution in [3.05, 3.63) is 76.3 Å². The Kier molecular flexibility index (Phi) is 6.72. The number of pyridine rings is 1. The number of aromatic nitrogens is 1. The summed E-state index contributed by atoms with van der Waals surface area (Å²) in [5.74, 6) is 1.63. The molecule has 0 aliphatic rings. The summed E-state index contributed by atoms with van der Waals surface area (Å²) < 4.78 is 5.21. The highest BCUT2D eigenvalue weighted by Gasteiger charge is 2.14. The van der Waals surface area contributed by atoms with Crippen molar-refractivity contribution in [2.24, 2.45) is 0 Å². The Morgan fingerprint density at radius 1 is 1.06 bits per heavy atom. The summed E-state index contributed by atoms with van der Waals surface area (Å²) in [7, 11) is 1.65. The number of rotatable bonds is 9. The van der Waals surface area contributed by atoms with Gasteiger partial charge in [-0.2, -0.15) is 0 Å². The van der Waals surface area contributed by atoms with Crippen molar-refractivity contribution in [2.75, 3.05) is 25.6 Å². The third-order valence-electron chi connectivity index (χ3n) is 5.14. The van der Waals surface area contributed by atoms with Crippen molar-refractivity contribution < 1.29 is 14.8 Å². The molecular weight excluding hydrogens is 426 g/mol. The molecule has 0 radical (unpaired) electrons. The first-order chi connectivity index (χ1) is 15.6. The Bertz CT molecular complexity index is 1260. The molecule has 0 saturated carbocycles. The average molecular weight is 450 g/mol. The topological polar surface area (TPSA) is 97.5 Å². The fourth-order valence-corrected chi connectivity index (χ4v) is 4.38. The van der Waals surface area contributed by atoms with Gasteiger partial charge in [-0.1, -0.05) is 12.1 Å². The standard InChI is InChI=1S/C24H23N3O4S/c1-31-18-6-3-16(4-7-18)15-32-19-8-10-23-21(14-19)24(25-11-2-12-28)20-13-17(27(29)30)5-9-22(20)26-23/h3-10,13-14,28H,2,11-12,15H2,1H3,(H,25,26). The van der Waals surface area contributed by atoms with Crippen LogP contribution in [0.25, 0.3) is 21.8 Å². The van der Waals surface area contributed by atoms with Crippen LogP contribution in [-0.4, -0.2) is 35.3 Å². The lowest BCUT2D eigenvalue weighted by Gasteiger charge is -2.14. The quantitative estimate of drug-likeness (QED) is 0.116. The molecule has 2 N–H and O–H groups in total. The minimum Gasteiger partial charge on any atom is -0.497 e. The van der Waals surface area contributed by atoms with Crippen molar-refractivity contribution >= 4 is 44.9 Å². The van der Waals surface area contributed by atoms with Gasteiger partial charge in [0.25, 0.3) is 5.69 Å². The molecule has 0 bridgehead atoms. The number of non-ortho nitro benzene ring substituents is 1. The van der Waals surface area contributed by atoms with Crippen LogP contribution in [0.1, 0.15) is 12.0 Å². The van der Waals surface area contributed by atoms with E-state index in [0.29, 0.717) is 23.9 Å². The van der Waals surface area contributed by atoms with E-state index in [1.165, 1.54) is 11.6 Å². The lowest BCUT2D eigenvalue weighted by Crippen LogP contribution is -2.05. The minimum absolute atomic E-state index is 0.0221. The molecule has 4 aromatic rings. The van der Waals surface area contributed by atoms with Crippen molar-refractivity contribution in [1.82, 2.24) is 4.98 Å². The maximum absolute atomic E-state index is 11.3. The van der Waals surface area contributed by atoms with Crippen LogP contribution in [0.15, 0.2) is 65.6 Å². The van der Waals surface area contributed by atoms with Gasteiger partial charge in [-0.3, -0.25) is 10.1 Å². The van der Waals surface area contributed by atoms with Crippen molar-refractivity contribution in [3.8, 4) is 5.75 Å². The van der Waals surface area contributed by atoms with E-state index in [9.17, 15) is 15.2 Å². The predicted octanol–water partition coefficient (Wildman–Crippen LogP) is 5.39. The molecule has 0 fully saturated rings. The predicted molar refractivity (Wildman–Crippen MR) is 129 cm³/mol. The van der Waals surface area contributed by atoms with Gasteiger partial charge in [-0.25, -0.2) is 4.98 Å². The summed E-state index contributed by atoms with van der Waals surface area (Å²) in [6.45, 7) is 0.619. The minimum atomic E-state index is -0.401. The molecular formula is C24H23N3O4S. The first kappa shape index (κ1) is 21.9. The van der Waals surface area contributed by atoms with E-state index in [0.717, 1.165) is 33.0 Å². The molecule has 4 rings (SSSR count). The summed E-state index contributed by atoms with van der Waals surface area (Å²) >= 11 is 1.71. The molecule has 0 aliphatic carbocycles. The van der Waals surface area contributed by atoms with Gasteiger partial charge in [0.15, 0.2) is 0 Å². The van der Waals surface area contributed by atoms with Crippen LogP contribution in [0, 0.1) is 10.1 Å². The van der Waals surface area contributed by atoms with Gasteiger partial charge in [0.05, 0.1) is 28.8 Å². The third kappa shape index (κ3) is 4.76. The molecule has 8 heteroatoms. The smallest absolute Gasteiger partial charge is 0.270 e. The van der Waals surface area contributed by atoms with Crippen LogP contribution in [-0.2, 0) is 5.75 Å². The first-order valence-electron chi connectivity index (χ1n) is 10.2. The second kappa shape index (κ2) is 9.84. The largest absolute Gasteiger partial charge is 0.497 e. The Morgan fingerprint density at radius 2 is 1.78 bits per heavy atom. The molecule has 1 heterocycles. The number of aliphatic hydroxyl groups is 1. The maximum Gasteiger partial charge on any atom is 0.270 e. The van der Waals surface area contributed by atoms with E-state index in [1.807, 2.05) is 36.4 Å². The second-order valence-electron chi connectivity index (χ2n) is 7.27. The van der Waals surface area contributed by atoms with Crippen LogP contribution >= 0.6 is 11.8 Å². The Labute approximate surface area is 189 Å². The number of hydrogen-bond donors (Lipinski definition) is 2. The number of benzene rings is 3. The van der Waals surface area contributed by atoms with Gasteiger partial charge in [0.1, 0.15) is 5.75 Å². The summed E-state index contributed by atoms with van der Waals surface area (Å²) in [6.07, 6.45) is 0.576. The number of nitro benzene ring substituents is 1. The zero-order valence-electron chi connectivity index (χ0n) is 17.6. The molecule has 32 heavy (non-hydrogen) atoms. The fourth-order valence-electron chi connectivity index (χ4n) is 3.48. The van der Waals surface area contributed by atoms with Crippen molar-refractivity contribution in [2.45, 2.75) is 17.1 Å². The SMILES string of the molecule is COc1ccc(CSc2ccc3nc4ccc([N+](=O)[O-])cc4c(NCCCO)c3c2)cc1. The van der Waals surface area contributed by atoms with E-state index >= 15 is 0 Å². The van der Waals surface area contributed by atoms with Crippen molar-refractivity contribution in [3.63, 3.8) is 0 Å². The van der Waals surface area contributed by atoms with Crippen molar-refractivity contribution in [1.29, 1.82) is 0 Å². The molecule has 1 aromatic heterocycles. The summed E-state index contributed by atoms with van der Waals surface area (Å²) in [5.41, 5.74) is 3.51. The molecule has 0 spiro atoms. The monoisotopic (exact) mass is 449 g/mol. The number of nitrogens with one attached hydrogen (secondary N) is 1. The van der Waals surface area contributed by atoms with E-state index in [-0.39, 0.29) is 12.3 Å². The first-order valence-corrected chi connectivity index (χ1v) is 11.2. The number of aliphatic hydroxyl groups excluding tert-OH is 1. The van der Waals surface area contributed by atoms with Gasteiger partial charge < -0.3 is 15.2 Å². The highest BCUT2D eigenvalue weighted by Crippen LogP contribution is 2.36. The van der Waals surface area contributed by atoms with Gasteiger partial charge in [-0.15, -0.1) is 11.8 Å². The molecule has 0 aliphatic heterocycles. The number of methoxy groups -OCH3 is 1. The summed E-state index contributed by atoms with van der Waals surface area (Å²) in [5, 5.41) is 25.5. The van der Waals surface area contributed by atoms with E-state index in [1.54, 1.807) is 31.0 Å². The maximum atomic E-state index is 11.3. The Morgan fingerprint density at radius 3 is 2.47 bits per heavy atom. The molecule has 164 valence electrons. The summed E-state index contributed by atoms with van der Waals surface area (Å²) in [4.78, 5) is 16.7. The number of anilines is 1. The fraction of sp³-hybridized carbons (Fsp3) is 0.208. The highest BCUT2D eigenvalue weighted by atomic mass is 32.2. The lowest BCUT2D eigenvalue weighted by atomic mass is 10.1. The number of hydrogen-bond acceptors (Lipinski definition) is 7. The normalized spacial score (nSPS) is 11.1. The van der Waals surface area contributed by atoms with E-state index in [4.69, 9.17) is 9.72 Å².